The third kappa shape index (κ3) is 3.46. The van der Waals surface area contributed by atoms with Crippen LogP contribution in [0.1, 0.15) is 50.0 Å². The van der Waals surface area contributed by atoms with Gasteiger partial charge in [-0.1, -0.05) is 45.0 Å². The maximum Gasteiger partial charge on any atom is 0.164 e. The minimum Gasteiger partial charge on any atom is -0.328 e. The summed E-state index contributed by atoms with van der Waals surface area (Å²) in [6.07, 6.45) is 0.412. The van der Waals surface area contributed by atoms with Crippen LogP contribution in [0.2, 0.25) is 0 Å². The number of Topliss-reactive ketones (excluding diaryl/α,β-unsaturated/α-hetero) is 1. The molecule has 88 valence electrons. The molecule has 0 aromatic heterocycles. The van der Waals surface area contributed by atoms with Crippen LogP contribution in [-0.4, -0.2) is 11.8 Å². The quantitative estimate of drug-likeness (QED) is 0.794. The second-order valence-corrected chi connectivity index (χ2v) is 5.43. The fourth-order valence-corrected chi connectivity index (χ4v) is 1.57. The van der Waals surface area contributed by atoms with Crippen molar-refractivity contribution in [2.24, 2.45) is 5.73 Å². The van der Waals surface area contributed by atoms with Gasteiger partial charge in [0.25, 0.3) is 0 Å². The van der Waals surface area contributed by atoms with E-state index in [4.69, 9.17) is 5.73 Å². The average molecular weight is 219 g/mol. The van der Waals surface area contributed by atoms with Crippen LogP contribution in [0.4, 0.5) is 0 Å². The number of carbonyl (C=O) groups excluding carboxylic acids is 1. The highest BCUT2D eigenvalue weighted by atomic mass is 16.1. The van der Waals surface area contributed by atoms with Crippen LogP contribution >= 0.6 is 0 Å². The van der Waals surface area contributed by atoms with Gasteiger partial charge in [0.05, 0.1) is 0 Å². The van der Waals surface area contributed by atoms with Crippen LogP contribution in [-0.2, 0) is 5.41 Å². The average Bonchev–Trinajstić information content (AvgIpc) is 2.15. The Bertz CT molecular complexity index is 357. The van der Waals surface area contributed by atoms with Crippen LogP contribution < -0.4 is 5.73 Å². The van der Waals surface area contributed by atoms with E-state index in [9.17, 15) is 4.79 Å². The van der Waals surface area contributed by atoms with Gasteiger partial charge in [0.15, 0.2) is 5.78 Å². The summed E-state index contributed by atoms with van der Waals surface area (Å²) in [7, 11) is 0. The molecule has 2 N–H and O–H groups in total. The summed E-state index contributed by atoms with van der Waals surface area (Å²) < 4.78 is 0. The highest BCUT2D eigenvalue weighted by molar-refractivity contribution is 5.96. The largest absolute Gasteiger partial charge is 0.328 e. The first-order chi connectivity index (χ1) is 7.30. The number of hydrogen-bond donors (Lipinski definition) is 1. The molecular weight excluding hydrogens is 198 g/mol. The van der Waals surface area contributed by atoms with Gasteiger partial charge in [-0.25, -0.2) is 0 Å². The van der Waals surface area contributed by atoms with E-state index < -0.39 is 0 Å². The van der Waals surface area contributed by atoms with Gasteiger partial charge in [-0.15, -0.1) is 0 Å². The Morgan fingerprint density at radius 1 is 1.25 bits per heavy atom. The van der Waals surface area contributed by atoms with Crippen LogP contribution in [0, 0.1) is 0 Å². The van der Waals surface area contributed by atoms with Crippen molar-refractivity contribution in [3.63, 3.8) is 0 Å². The molecule has 0 fully saturated rings. The standard InChI is InChI=1S/C14H21NO/c1-10(15)9-13(16)11-5-7-12(8-6-11)14(2,3)4/h5-8,10H,9,15H2,1-4H3. The molecule has 0 radical (unpaired) electrons. The predicted octanol–water partition coefficient (Wildman–Crippen LogP) is 2.90. The predicted molar refractivity (Wildman–Crippen MR) is 67.7 cm³/mol. The summed E-state index contributed by atoms with van der Waals surface area (Å²) in [6.45, 7) is 8.32. The van der Waals surface area contributed by atoms with E-state index in [1.54, 1.807) is 0 Å². The van der Waals surface area contributed by atoms with Crippen LogP contribution in [0.5, 0.6) is 0 Å². The molecule has 1 unspecified atom stereocenters. The van der Waals surface area contributed by atoms with E-state index >= 15 is 0 Å². The zero-order chi connectivity index (χ0) is 12.3. The Kier molecular flexibility index (Phi) is 3.87. The molecule has 0 heterocycles. The topological polar surface area (TPSA) is 43.1 Å². The van der Waals surface area contributed by atoms with Crippen LogP contribution in [0.3, 0.4) is 0 Å². The molecule has 0 saturated carbocycles. The lowest BCUT2D eigenvalue weighted by Gasteiger charge is -2.19. The molecule has 1 atom stereocenters. The smallest absolute Gasteiger partial charge is 0.164 e. The monoisotopic (exact) mass is 219 g/mol. The molecule has 1 aromatic carbocycles. The van der Waals surface area contributed by atoms with E-state index in [0.29, 0.717) is 6.42 Å². The Hall–Kier alpha value is -1.15. The van der Waals surface area contributed by atoms with E-state index in [1.165, 1.54) is 5.56 Å². The van der Waals surface area contributed by atoms with Gasteiger partial charge < -0.3 is 5.73 Å². The molecule has 0 spiro atoms. The summed E-state index contributed by atoms with van der Waals surface area (Å²) in [4.78, 5) is 11.7. The summed E-state index contributed by atoms with van der Waals surface area (Å²) in [5.41, 5.74) is 7.73. The van der Waals surface area contributed by atoms with Gasteiger partial charge in [0, 0.05) is 18.0 Å². The van der Waals surface area contributed by atoms with Gasteiger partial charge in [0.2, 0.25) is 0 Å². The van der Waals surface area contributed by atoms with E-state index in [0.717, 1.165) is 5.56 Å². The Morgan fingerprint density at radius 2 is 1.75 bits per heavy atom. The maximum atomic E-state index is 11.7. The molecular formula is C14H21NO. The van der Waals surface area contributed by atoms with Crippen molar-refractivity contribution >= 4 is 5.78 Å². The second kappa shape index (κ2) is 4.79. The number of ketones is 1. The fraction of sp³-hybridized carbons (Fsp3) is 0.500. The van der Waals surface area contributed by atoms with Gasteiger partial charge in [-0.3, -0.25) is 4.79 Å². The fourth-order valence-electron chi connectivity index (χ4n) is 1.57. The van der Waals surface area contributed by atoms with Crippen molar-refractivity contribution in [2.45, 2.75) is 45.6 Å². The van der Waals surface area contributed by atoms with Crippen LogP contribution in [0.25, 0.3) is 0 Å². The van der Waals surface area contributed by atoms with Crippen LogP contribution in [0.15, 0.2) is 24.3 Å². The van der Waals surface area contributed by atoms with E-state index in [1.807, 2.05) is 31.2 Å². The number of benzene rings is 1. The first kappa shape index (κ1) is 12.9. The molecule has 1 aromatic rings. The third-order valence-corrected chi connectivity index (χ3v) is 2.58. The summed E-state index contributed by atoms with van der Waals surface area (Å²) >= 11 is 0. The van der Waals surface area contributed by atoms with Gasteiger partial charge in [-0.2, -0.15) is 0 Å². The van der Waals surface area contributed by atoms with Crippen molar-refractivity contribution in [1.29, 1.82) is 0 Å². The molecule has 1 rings (SSSR count). The molecule has 0 aliphatic heterocycles. The van der Waals surface area contributed by atoms with Crippen molar-refractivity contribution in [3.8, 4) is 0 Å². The molecule has 16 heavy (non-hydrogen) atoms. The first-order valence-corrected chi connectivity index (χ1v) is 5.70. The Labute approximate surface area is 97.9 Å². The summed E-state index contributed by atoms with van der Waals surface area (Å²) in [5, 5.41) is 0. The van der Waals surface area contributed by atoms with Crippen molar-refractivity contribution in [3.05, 3.63) is 35.4 Å². The zero-order valence-corrected chi connectivity index (χ0v) is 10.6. The highest BCUT2D eigenvalue weighted by Crippen LogP contribution is 2.22. The summed E-state index contributed by atoms with van der Waals surface area (Å²) in [6, 6.07) is 7.76. The van der Waals surface area contributed by atoms with Gasteiger partial charge in [0.1, 0.15) is 0 Å². The molecule has 0 aliphatic rings. The lowest BCUT2D eigenvalue weighted by molar-refractivity contribution is 0.0976. The Morgan fingerprint density at radius 3 is 2.12 bits per heavy atom. The normalized spacial score (nSPS) is 13.6. The lowest BCUT2D eigenvalue weighted by Crippen LogP contribution is -2.19. The molecule has 0 bridgehead atoms. The lowest BCUT2D eigenvalue weighted by atomic mass is 9.86. The van der Waals surface area contributed by atoms with Crippen molar-refractivity contribution in [1.82, 2.24) is 0 Å². The van der Waals surface area contributed by atoms with E-state index in [-0.39, 0.29) is 17.2 Å². The first-order valence-electron chi connectivity index (χ1n) is 5.70. The minimum atomic E-state index is -0.0743. The van der Waals surface area contributed by atoms with Gasteiger partial charge in [-0.05, 0) is 17.9 Å². The van der Waals surface area contributed by atoms with E-state index in [2.05, 4.69) is 20.8 Å². The van der Waals surface area contributed by atoms with Gasteiger partial charge >= 0.3 is 0 Å². The number of hydrogen-bond acceptors (Lipinski definition) is 2. The van der Waals surface area contributed by atoms with Crippen molar-refractivity contribution in [2.75, 3.05) is 0 Å². The Balaban J connectivity index is 2.83. The van der Waals surface area contributed by atoms with Crippen molar-refractivity contribution < 1.29 is 4.79 Å². The number of rotatable bonds is 3. The number of carbonyl (C=O) groups is 1. The third-order valence-electron chi connectivity index (χ3n) is 2.58. The zero-order valence-electron chi connectivity index (χ0n) is 10.6. The highest BCUT2D eigenvalue weighted by Gasteiger charge is 2.14. The number of nitrogens with two attached hydrogens (primary N) is 1. The molecule has 0 aliphatic carbocycles. The minimum absolute atomic E-state index is 0.0743. The second-order valence-electron chi connectivity index (χ2n) is 5.43. The molecule has 0 amide bonds. The summed E-state index contributed by atoms with van der Waals surface area (Å²) in [5.74, 6) is 0.121. The SMILES string of the molecule is CC(N)CC(=O)c1ccc(C(C)(C)C)cc1. The molecule has 2 heteroatoms. The molecule has 2 nitrogen and oxygen atoms in total. The maximum absolute atomic E-state index is 11.7. The molecule has 0 saturated heterocycles.